The highest BCUT2D eigenvalue weighted by Crippen LogP contribution is 2.28. The van der Waals surface area contributed by atoms with Gasteiger partial charge in [0.15, 0.2) is 0 Å². The van der Waals surface area contributed by atoms with Crippen molar-refractivity contribution in [1.29, 1.82) is 0 Å². The Hall–Kier alpha value is -1.11. The van der Waals surface area contributed by atoms with E-state index in [1.165, 1.54) is 0 Å². The van der Waals surface area contributed by atoms with Crippen molar-refractivity contribution >= 4 is 17.3 Å². The summed E-state index contributed by atoms with van der Waals surface area (Å²) in [6, 6.07) is 0.116. The molecule has 2 rings (SSSR count). The fourth-order valence-corrected chi connectivity index (χ4v) is 2.54. The number of hydrogen-bond acceptors (Lipinski definition) is 5. The molecule has 1 saturated heterocycles. The molecule has 1 aliphatic heterocycles. The van der Waals surface area contributed by atoms with E-state index in [2.05, 4.69) is 10.2 Å². The van der Waals surface area contributed by atoms with Crippen molar-refractivity contribution < 1.29 is 4.74 Å². The van der Waals surface area contributed by atoms with Gasteiger partial charge in [0.2, 0.25) is 0 Å². The topological polar surface area (TPSA) is 84.2 Å². The number of nitrogens with zero attached hydrogens (tertiary/aromatic N) is 2. The molecule has 2 unspecified atom stereocenters. The lowest BCUT2D eigenvalue weighted by molar-refractivity contribution is 0.0709. The van der Waals surface area contributed by atoms with E-state index in [1.54, 1.807) is 13.3 Å². The van der Waals surface area contributed by atoms with Crippen LogP contribution in [0.4, 0.5) is 5.69 Å². The minimum absolute atomic E-state index is 0.116. The highest BCUT2D eigenvalue weighted by atomic mass is 35.5. The molecule has 2 atom stereocenters. The van der Waals surface area contributed by atoms with E-state index in [9.17, 15) is 4.79 Å². The van der Waals surface area contributed by atoms with Crippen molar-refractivity contribution in [2.75, 3.05) is 25.1 Å². The molecule has 0 saturated carbocycles. The average Bonchev–Trinajstić information content (AvgIpc) is 2.41. The van der Waals surface area contributed by atoms with Crippen LogP contribution in [0.5, 0.6) is 0 Å². The molecule has 3 N–H and O–H groups in total. The molecule has 0 spiro atoms. The van der Waals surface area contributed by atoms with Crippen LogP contribution in [0, 0.1) is 0 Å². The van der Waals surface area contributed by atoms with Crippen LogP contribution < -0.4 is 16.2 Å². The van der Waals surface area contributed by atoms with Crippen molar-refractivity contribution in [3.05, 3.63) is 21.6 Å². The third-order valence-corrected chi connectivity index (χ3v) is 3.72. The molecular weight excluding hydrogens is 256 g/mol. The number of halogens is 1. The van der Waals surface area contributed by atoms with E-state index in [-0.39, 0.29) is 22.7 Å². The number of H-pyrrole nitrogens is 1. The molecular formula is C11H17ClN4O2. The van der Waals surface area contributed by atoms with Gasteiger partial charge in [0.1, 0.15) is 5.02 Å². The Labute approximate surface area is 110 Å². The highest BCUT2D eigenvalue weighted by Gasteiger charge is 2.29. The molecule has 1 aromatic heterocycles. The van der Waals surface area contributed by atoms with E-state index in [0.29, 0.717) is 12.2 Å². The van der Waals surface area contributed by atoms with E-state index in [0.717, 1.165) is 19.4 Å². The van der Waals surface area contributed by atoms with Crippen molar-refractivity contribution in [3.8, 4) is 0 Å². The van der Waals surface area contributed by atoms with Crippen LogP contribution in [0.1, 0.15) is 12.8 Å². The van der Waals surface area contributed by atoms with Crippen LogP contribution in [0.2, 0.25) is 5.02 Å². The summed E-state index contributed by atoms with van der Waals surface area (Å²) in [5, 5.41) is 6.27. The first kappa shape index (κ1) is 13.3. The molecule has 1 aliphatic rings. The average molecular weight is 273 g/mol. The second-order valence-electron chi connectivity index (χ2n) is 4.36. The molecule has 6 nitrogen and oxygen atoms in total. The van der Waals surface area contributed by atoms with E-state index in [1.807, 2.05) is 4.90 Å². The Morgan fingerprint density at radius 1 is 1.72 bits per heavy atom. The zero-order valence-corrected chi connectivity index (χ0v) is 11.0. The van der Waals surface area contributed by atoms with Gasteiger partial charge in [-0.2, -0.15) is 5.10 Å². The summed E-state index contributed by atoms with van der Waals surface area (Å²) in [6.07, 6.45) is 3.50. The van der Waals surface area contributed by atoms with Crippen LogP contribution >= 0.6 is 11.6 Å². The minimum Gasteiger partial charge on any atom is -0.381 e. The van der Waals surface area contributed by atoms with Crippen LogP contribution in [0.25, 0.3) is 0 Å². The standard InChI is InChI=1S/C11H17ClN4O2/c1-18-8-2-3-16(7(4-8)5-13)9-6-14-15-11(17)10(9)12/h6-8H,2-5,13H2,1H3,(H,15,17). The molecule has 0 amide bonds. The Kier molecular flexibility index (Phi) is 4.21. The quantitative estimate of drug-likeness (QED) is 0.830. The largest absolute Gasteiger partial charge is 0.381 e. The van der Waals surface area contributed by atoms with Gasteiger partial charge in [-0.05, 0) is 12.8 Å². The predicted octanol–water partition coefficient (Wildman–Crippen LogP) is 0.366. The van der Waals surface area contributed by atoms with Crippen molar-refractivity contribution in [3.63, 3.8) is 0 Å². The number of aromatic amines is 1. The first-order valence-corrected chi connectivity index (χ1v) is 6.27. The number of nitrogens with two attached hydrogens (primary N) is 1. The third kappa shape index (κ3) is 2.50. The monoisotopic (exact) mass is 272 g/mol. The Morgan fingerprint density at radius 2 is 2.50 bits per heavy atom. The summed E-state index contributed by atoms with van der Waals surface area (Å²) in [7, 11) is 1.70. The van der Waals surface area contributed by atoms with Gasteiger partial charge in [0.05, 0.1) is 18.0 Å². The predicted molar refractivity (Wildman–Crippen MR) is 70.1 cm³/mol. The molecule has 18 heavy (non-hydrogen) atoms. The van der Waals surface area contributed by atoms with E-state index >= 15 is 0 Å². The molecule has 0 radical (unpaired) electrons. The smallest absolute Gasteiger partial charge is 0.285 e. The second kappa shape index (κ2) is 5.69. The summed E-state index contributed by atoms with van der Waals surface area (Å²) >= 11 is 6.02. The molecule has 1 aromatic rings. The van der Waals surface area contributed by atoms with Crippen molar-refractivity contribution in [2.45, 2.75) is 25.0 Å². The maximum absolute atomic E-state index is 11.5. The first-order valence-electron chi connectivity index (χ1n) is 5.90. The lowest BCUT2D eigenvalue weighted by Gasteiger charge is -2.39. The van der Waals surface area contributed by atoms with Crippen LogP contribution in [-0.2, 0) is 4.74 Å². The summed E-state index contributed by atoms with van der Waals surface area (Å²) in [5.41, 5.74) is 6.06. The van der Waals surface area contributed by atoms with Crippen LogP contribution in [0.3, 0.4) is 0 Å². The Balaban J connectivity index is 2.27. The van der Waals surface area contributed by atoms with E-state index in [4.69, 9.17) is 22.1 Å². The van der Waals surface area contributed by atoms with Crippen molar-refractivity contribution in [2.24, 2.45) is 5.73 Å². The molecule has 7 heteroatoms. The molecule has 0 bridgehead atoms. The van der Waals surface area contributed by atoms with Gasteiger partial charge in [0.25, 0.3) is 5.56 Å². The lowest BCUT2D eigenvalue weighted by atomic mass is 9.99. The number of hydrogen-bond donors (Lipinski definition) is 2. The number of methoxy groups -OCH3 is 1. The van der Waals surface area contributed by atoms with Gasteiger partial charge in [-0.3, -0.25) is 4.79 Å². The molecule has 0 aromatic carbocycles. The number of piperidine rings is 1. The number of aromatic nitrogens is 2. The fraction of sp³-hybridized carbons (Fsp3) is 0.636. The van der Waals surface area contributed by atoms with Gasteiger partial charge < -0.3 is 15.4 Å². The fourth-order valence-electron chi connectivity index (χ4n) is 2.34. The van der Waals surface area contributed by atoms with Gasteiger partial charge in [-0.15, -0.1) is 0 Å². The summed E-state index contributed by atoms with van der Waals surface area (Å²) in [6.45, 7) is 1.24. The van der Waals surface area contributed by atoms with Crippen LogP contribution in [-0.4, -0.2) is 42.5 Å². The van der Waals surface area contributed by atoms with Crippen molar-refractivity contribution in [1.82, 2.24) is 10.2 Å². The molecule has 0 aliphatic carbocycles. The normalized spacial score (nSPS) is 24.3. The summed E-state index contributed by atoms with van der Waals surface area (Å²) < 4.78 is 5.36. The zero-order valence-electron chi connectivity index (χ0n) is 10.2. The summed E-state index contributed by atoms with van der Waals surface area (Å²) in [5.74, 6) is 0. The number of anilines is 1. The number of rotatable bonds is 3. The van der Waals surface area contributed by atoms with E-state index < -0.39 is 0 Å². The third-order valence-electron chi connectivity index (χ3n) is 3.36. The Morgan fingerprint density at radius 3 is 3.17 bits per heavy atom. The molecule has 2 heterocycles. The molecule has 1 fully saturated rings. The van der Waals surface area contributed by atoms with Gasteiger partial charge in [0, 0.05) is 26.2 Å². The van der Waals surface area contributed by atoms with Gasteiger partial charge in [-0.1, -0.05) is 11.6 Å². The molecule has 100 valence electrons. The summed E-state index contributed by atoms with van der Waals surface area (Å²) in [4.78, 5) is 13.5. The minimum atomic E-state index is -0.376. The second-order valence-corrected chi connectivity index (χ2v) is 4.74. The first-order chi connectivity index (χ1) is 8.67. The SMILES string of the molecule is COC1CCN(c2cn[nH]c(=O)c2Cl)C(CN)C1. The number of ether oxygens (including phenoxy) is 1. The highest BCUT2D eigenvalue weighted by molar-refractivity contribution is 6.33. The lowest BCUT2D eigenvalue weighted by Crippen LogP contribution is -2.49. The maximum Gasteiger partial charge on any atom is 0.285 e. The number of nitrogens with one attached hydrogen (secondary N) is 1. The van der Waals surface area contributed by atoms with Gasteiger partial charge >= 0.3 is 0 Å². The van der Waals surface area contributed by atoms with Crippen LogP contribution in [0.15, 0.2) is 11.0 Å². The zero-order chi connectivity index (χ0) is 13.1. The van der Waals surface area contributed by atoms with Gasteiger partial charge in [-0.25, -0.2) is 5.10 Å². The Bertz CT molecular complexity index is 465. The maximum atomic E-state index is 11.5.